The van der Waals surface area contributed by atoms with E-state index in [1.807, 2.05) is 24.3 Å². The van der Waals surface area contributed by atoms with Crippen LogP contribution in [-0.2, 0) is 17.9 Å². The molecule has 2 aromatic carbocycles. The van der Waals surface area contributed by atoms with Gasteiger partial charge in [-0.1, -0.05) is 30.3 Å². The summed E-state index contributed by atoms with van der Waals surface area (Å²) in [5, 5.41) is 6.04. The van der Waals surface area contributed by atoms with Gasteiger partial charge in [-0.05, 0) is 23.8 Å². The van der Waals surface area contributed by atoms with Crippen molar-refractivity contribution in [1.82, 2.24) is 10.6 Å². The predicted molar refractivity (Wildman–Crippen MR) is 87.6 cm³/mol. The van der Waals surface area contributed by atoms with Gasteiger partial charge in [0.2, 0.25) is 5.91 Å². The van der Waals surface area contributed by atoms with E-state index in [4.69, 9.17) is 4.74 Å². The number of amides is 1. The van der Waals surface area contributed by atoms with E-state index in [1.165, 1.54) is 12.1 Å². The summed E-state index contributed by atoms with van der Waals surface area (Å²) in [6.45, 7) is 1.62. The van der Waals surface area contributed by atoms with Gasteiger partial charge in [-0.2, -0.15) is 0 Å². The van der Waals surface area contributed by atoms with Crippen molar-refractivity contribution in [3.05, 3.63) is 65.5 Å². The number of nitrogens with one attached hydrogen (secondary N) is 2. The van der Waals surface area contributed by atoms with E-state index in [2.05, 4.69) is 10.6 Å². The van der Waals surface area contributed by atoms with Crippen LogP contribution in [0.25, 0.3) is 0 Å². The van der Waals surface area contributed by atoms with Gasteiger partial charge in [-0.3, -0.25) is 4.79 Å². The number of rotatable bonds is 8. The van der Waals surface area contributed by atoms with Crippen molar-refractivity contribution in [1.29, 1.82) is 0 Å². The Bertz CT molecular complexity index is 629. The Morgan fingerprint density at radius 1 is 1.09 bits per heavy atom. The van der Waals surface area contributed by atoms with Crippen molar-refractivity contribution < 1.29 is 13.9 Å². The Morgan fingerprint density at radius 3 is 2.57 bits per heavy atom. The third-order valence-electron chi connectivity index (χ3n) is 3.44. The van der Waals surface area contributed by atoms with Crippen LogP contribution in [0, 0.1) is 5.82 Å². The second kappa shape index (κ2) is 8.90. The number of hydrogen-bond donors (Lipinski definition) is 2. The van der Waals surface area contributed by atoms with Crippen LogP contribution in [0.3, 0.4) is 0 Å². The molecular formula is C18H21FN2O2. The fraction of sp³-hybridized carbons (Fsp3) is 0.278. The smallest absolute Gasteiger partial charge is 0.221 e. The van der Waals surface area contributed by atoms with Gasteiger partial charge in [0.05, 0.1) is 7.11 Å². The molecule has 2 N–H and O–H groups in total. The van der Waals surface area contributed by atoms with Crippen LogP contribution < -0.4 is 15.4 Å². The lowest BCUT2D eigenvalue weighted by molar-refractivity contribution is -0.121. The Hall–Kier alpha value is -2.40. The molecule has 122 valence electrons. The molecule has 0 radical (unpaired) electrons. The van der Waals surface area contributed by atoms with Crippen LogP contribution in [0.5, 0.6) is 5.75 Å². The predicted octanol–water partition coefficient (Wildman–Crippen LogP) is 2.63. The summed E-state index contributed by atoms with van der Waals surface area (Å²) >= 11 is 0. The van der Waals surface area contributed by atoms with Crippen molar-refractivity contribution in [2.45, 2.75) is 19.5 Å². The molecule has 0 spiro atoms. The minimum absolute atomic E-state index is 0.0255. The first-order chi connectivity index (χ1) is 11.2. The van der Waals surface area contributed by atoms with Crippen molar-refractivity contribution >= 4 is 5.91 Å². The minimum atomic E-state index is -0.246. The van der Waals surface area contributed by atoms with Crippen LogP contribution in [0.1, 0.15) is 17.5 Å². The summed E-state index contributed by atoms with van der Waals surface area (Å²) in [5.74, 6) is 0.495. The zero-order chi connectivity index (χ0) is 16.5. The number of halogens is 1. The van der Waals surface area contributed by atoms with Crippen molar-refractivity contribution in [3.63, 3.8) is 0 Å². The molecule has 0 aliphatic rings. The molecule has 0 heterocycles. The zero-order valence-electron chi connectivity index (χ0n) is 13.1. The molecule has 5 heteroatoms. The molecule has 0 aliphatic heterocycles. The van der Waals surface area contributed by atoms with Crippen molar-refractivity contribution in [3.8, 4) is 5.75 Å². The van der Waals surface area contributed by atoms with E-state index in [0.717, 1.165) is 16.9 Å². The molecule has 0 saturated carbocycles. The summed E-state index contributed by atoms with van der Waals surface area (Å²) in [7, 11) is 1.61. The summed E-state index contributed by atoms with van der Waals surface area (Å²) in [6.07, 6.45) is 0.385. The molecule has 0 unspecified atom stereocenters. The monoisotopic (exact) mass is 316 g/mol. The van der Waals surface area contributed by atoms with Gasteiger partial charge in [-0.15, -0.1) is 0 Å². The molecule has 0 aliphatic carbocycles. The molecule has 0 fully saturated rings. The van der Waals surface area contributed by atoms with E-state index in [0.29, 0.717) is 26.1 Å². The zero-order valence-corrected chi connectivity index (χ0v) is 13.1. The highest BCUT2D eigenvalue weighted by molar-refractivity contribution is 5.76. The van der Waals surface area contributed by atoms with Gasteiger partial charge in [0.1, 0.15) is 11.6 Å². The SMILES string of the molecule is COc1ccccc1CNC(=O)CCNCc1ccc(F)cc1. The number of hydrogen-bond acceptors (Lipinski definition) is 3. The van der Waals surface area contributed by atoms with Crippen LogP contribution in [0.15, 0.2) is 48.5 Å². The number of methoxy groups -OCH3 is 1. The van der Waals surface area contributed by atoms with Gasteiger partial charge >= 0.3 is 0 Å². The number of benzene rings is 2. The molecule has 4 nitrogen and oxygen atoms in total. The molecule has 23 heavy (non-hydrogen) atoms. The van der Waals surface area contributed by atoms with Crippen LogP contribution >= 0.6 is 0 Å². The van der Waals surface area contributed by atoms with Crippen molar-refractivity contribution in [2.24, 2.45) is 0 Å². The highest BCUT2D eigenvalue weighted by Crippen LogP contribution is 2.16. The molecular weight excluding hydrogens is 295 g/mol. The maximum atomic E-state index is 12.8. The quantitative estimate of drug-likeness (QED) is 0.736. The third kappa shape index (κ3) is 5.71. The summed E-state index contributed by atoms with van der Waals surface area (Å²) in [5.41, 5.74) is 1.93. The Kier molecular flexibility index (Phi) is 6.56. The normalized spacial score (nSPS) is 10.3. The second-order valence-electron chi connectivity index (χ2n) is 5.14. The van der Waals surface area contributed by atoms with Gasteiger partial charge < -0.3 is 15.4 Å². The number of para-hydroxylation sites is 1. The molecule has 0 atom stereocenters. The highest BCUT2D eigenvalue weighted by atomic mass is 19.1. The first kappa shape index (κ1) is 17.0. The largest absolute Gasteiger partial charge is 0.496 e. The standard InChI is InChI=1S/C18H21FN2O2/c1-23-17-5-3-2-4-15(17)13-21-18(22)10-11-20-12-14-6-8-16(19)9-7-14/h2-9,20H,10-13H2,1H3,(H,21,22). The lowest BCUT2D eigenvalue weighted by Crippen LogP contribution is -2.27. The van der Waals surface area contributed by atoms with Gasteiger partial charge in [0.25, 0.3) is 0 Å². The van der Waals surface area contributed by atoms with Crippen LogP contribution in [-0.4, -0.2) is 19.6 Å². The van der Waals surface area contributed by atoms with E-state index in [-0.39, 0.29) is 11.7 Å². The Morgan fingerprint density at radius 2 is 1.83 bits per heavy atom. The molecule has 0 saturated heterocycles. The molecule has 0 aromatic heterocycles. The number of ether oxygens (including phenoxy) is 1. The van der Waals surface area contributed by atoms with Gasteiger partial charge in [0.15, 0.2) is 0 Å². The van der Waals surface area contributed by atoms with E-state index < -0.39 is 0 Å². The van der Waals surface area contributed by atoms with Gasteiger partial charge in [-0.25, -0.2) is 4.39 Å². The van der Waals surface area contributed by atoms with Gasteiger partial charge in [0, 0.05) is 31.6 Å². The highest BCUT2D eigenvalue weighted by Gasteiger charge is 2.04. The first-order valence-electron chi connectivity index (χ1n) is 7.53. The fourth-order valence-electron chi connectivity index (χ4n) is 2.17. The summed E-state index contributed by atoms with van der Waals surface area (Å²) in [6, 6.07) is 13.9. The lowest BCUT2D eigenvalue weighted by Gasteiger charge is -2.10. The third-order valence-corrected chi connectivity index (χ3v) is 3.44. The number of carbonyl (C=O) groups is 1. The molecule has 2 rings (SSSR count). The number of carbonyl (C=O) groups excluding carboxylic acids is 1. The lowest BCUT2D eigenvalue weighted by atomic mass is 10.2. The topological polar surface area (TPSA) is 50.4 Å². The summed E-state index contributed by atoms with van der Waals surface area (Å²) in [4.78, 5) is 11.8. The van der Waals surface area contributed by atoms with Crippen molar-refractivity contribution in [2.75, 3.05) is 13.7 Å². The average Bonchev–Trinajstić information content (AvgIpc) is 2.58. The van der Waals surface area contributed by atoms with E-state index in [1.54, 1.807) is 19.2 Å². The first-order valence-corrected chi connectivity index (χ1v) is 7.53. The average molecular weight is 316 g/mol. The minimum Gasteiger partial charge on any atom is -0.496 e. The van der Waals surface area contributed by atoms with Crippen LogP contribution in [0.4, 0.5) is 4.39 Å². The maximum absolute atomic E-state index is 12.8. The molecule has 0 bridgehead atoms. The molecule has 2 aromatic rings. The Balaban J connectivity index is 1.66. The maximum Gasteiger partial charge on any atom is 0.221 e. The second-order valence-corrected chi connectivity index (χ2v) is 5.14. The van der Waals surface area contributed by atoms with E-state index >= 15 is 0 Å². The Labute approximate surface area is 135 Å². The fourth-order valence-corrected chi connectivity index (χ4v) is 2.17. The van der Waals surface area contributed by atoms with E-state index in [9.17, 15) is 9.18 Å². The van der Waals surface area contributed by atoms with Crippen LogP contribution in [0.2, 0.25) is 0 Å². The molecule has 1 amide bonds. The summed E-state index contributed by atoms with van der Waals surface area (Å²) < 4.78 is 18.0.